The molecule has 2 N–H and O–H groups in total. The number of amides is 3. The molecule has 0 radical (unpaired) electrons. The highest BCUT2D eigenvalue weighted by Crippen LogP contribution is 2.26. The number of carbonyl (C=O) groups excluding carboxylic acids is 3. The Labute approximate surface area is 179 Å². The van der Waals surface area contributed by atoms with E-state index in [-0.39, 0.29) is 29.6 Å². The molecule has 0 bridgehead atoms. The Hall–Kier alpha value is -2.85. The first kappa shape index (κ1) is 21.8. The zero-order chi connectivity index (χ0) is 22.0. The van der Waals surface area contributed by atoms with Gasteiger partial charge in [-0.3, -0.25) is 14.7 Å². The van der Waals surface area contributed by atoms with Crippen molar-refractivity contribution in [1.82, 2.24) is 20.0 Å². The van der Waals surface area contributed by atoms with Crippen LogP contribution in [0.25, 0.3) is 0 Å². The Balaban J connectivity index is 1.84. The first-order valence-corrected chi connectivity index (χ1v) is 9.77. The molecule has 0 spiro atoms. The van der Waals surface area contributed by atoms with Crippen LogP contribution in [0.15, 0.2) is 23.2 Å². The number of methoxy groups -OCH3 is 1. The van der Waals surface area contributed by atoms with Gasteiger partial charge in [0.25, 0.3) is 5.91 Å². The van der Waals surface area contributed by atoms with E-state index in [1.54, 1.807) is 25.1 Å². The second-order valence-electron chi connectivity index (χ2n) is 7.05. The summed E-state index contributed by atoms with van der Waals surface area (Å²) in [5.74, 6) is -0.480. The number of guanidine groups is 1. The van der Waals surface area contributed by atoms with Crippen LogP contribution >= 0.6 is 11.6 Å². The van der Waals surface area contributed by atoms with Gasteiger partial charge < -0.3 is 25.0 Å². The fraction of sp³-hybridized carbons (Fsp3) is 0.474. The Kier molecular flexibility index (Phi) is 6.47. The van der Waals surface area contributed by atoms with Gasteiger partial charge in [0.05, 0.1) is 24.2 Å². The van der Waals surface area contributed by atoms with Crippen LogP contribution < -0.4 is 5.32 Å². The summed E-state index contributed by atoms with van der Waals surface area (Å²) in [5, 5.41) is 12.3. The van der Waals surface area contributed by atoms with Crippen LogP contribution in [0, 0.1) is 0 Å². The van der Waals surface area contributed by atoms with Gasteiger partial charge in [0.15, 0.2) is 12.0 Å². The highest BCUT2D eigenvalue weighted by molar-refractivity contribution is 6.33. The van der Waals surface area contributed by atoms with Crippen molar-refractivity contribution in [2.24, 2.45) is 4.99 Å². The van der Waals surface area contributed by atoms with E-state index < -0.39 is 24.2 Å². The summed E-state index contributed by atoms with van der Waals surface area (Å²) in [6, 6.07) is 3.59. The lowest BCUT2D eigenvalue weighted by atomic mass is 10.1. The maximum absolute atomic E-state index is 13.2. The fourth-order valence-corrected chi connectivity index (χ4v) is 3.70. The van der Waals surface area contributed by atoms with Crippen molar-refractivity contribution in [2.75, 3.05) is 34.4 Å². The monoisotopic (exact) mass is 437 g/mol. The zero-order valence-corrected chi connectivity index (χ0v) is 17.7. The number of benzene rings is 1. The van der Waals surface area contributed by atoms with Gasteiger partial charge in [0, 0.05) is 27.2 Å². The molecule has 2 aliphatic heterocycles. The molecule has 2 unspecified atom stereocenters. The highest BCUT2D eigenvalue weighted by Gasteiger charge is 2.51. The van der Waals surface area contributed by atoms with Gasteiger partial charge in [-0.2, -0.15) is 0 Å². The van der Waals surface area contributed by atoms with Crippen molar-refractivity contribution in [3.8, 4) is 0 Å². The van der Waals surface area contributed by atoms with Gasteiger partial charge in [-0.25, -0.2) is 9.59 Å². The second-order valence-corrected chi connectivity index (χ2v) is 7.46. The third-order valence-corrected chi connectivity index (χ3v) is 5.48. The number of halogens is 1. The molecule has 11 heteroatoms. The molecule has 3 rings (SSSR count). The highest BCUT2D eigenvalue weighted by atomic mass is 35.5. The largest absolute Gasteiger partial charge is 0.465 e. The molecule has 10 nitrogen and oxygen atoms in total. The number of rotatable bonds is 6. The van der Waals surface area contributed by atoms with Crippen molar-refractivity contribution < 1.29 is 24.2 Å². The summed E-state index contributed by atoms with van der Waals surface area (Å²) in [6.45, 7) is 0.406. The molecule has 3 amide bonds. The van der Waals surface area contributed by atoms with Crippen molar-refractivity contribution in [3.05, 3.63) is 34.3 Å². The lowest BCUT2D eigenvalue weighted by Crippen LogP contribution is -2.65. The first-order valence-electron chi connectivity index (χ1n) is 9.39. The minimum Gasteiger partial charge on any atom is -0.465 e. The van der Waals surface area contributed by atoms with Crippen molar-refractivity contribution in [1.29, 1.82) is 0 Å². The summed E-state index contributed by atoms with van der Waals surface area (Å²) in [6.07, 6.45) is -0.0440. The molecular formula is C19H24ClN5O5. The number of nitrogens with zero attached hydrogens (tertiary/aromatic N) is 4. The summed E-state index contributed by atoms with van der Waals surface area (Å²) >= 11 is 6.05. The van der Waals surface area contributed by atoms with E-state index in [2.05, 4.69) is 10.3 Å². The van der Waals surface area contributed by atoms with Crippen LogP contribution in [0.4, 0.5) is 4.79 Å². The fourth-order valence-electron chi connectivity index (χ4n) is 3.51. The normalized spacial score (nSPS) is 22.4. The minimum absolute atomic E-state index is 0.0166. The van der Waals surface area contributed by atoms with E-state index in [1.165, 1.54) is 24.1 Å². The van der Waals surface area contributed by atoms with E-state index in [1.807, 2.05) is 0 Å². The zero-order valence-electron chi connectivity index (χ0n) is 17.0. The number of hydrogen-bond donors (Lipinski definition) is 2. The van der Waals surface area contributed by atoms with E-state index in [9.17, 15) is 14.4 Å². The third-order valence-electron chi connectivity index (χ3n) is 5.15. The van der Waals surface area contributed by atoms with E-state index in [0.29, 0.717) is 24.5 Å². The molecule has 162 valence electrons. The van der Waals surface area contributed by atoms with Gasteiger partial charge in [-0.1, -0.05) is 17.7 Å². The molecule has 1 aromatic rings. The smallest absolute Gasteiger partial charge is 0.339 e. The number of aliphatic hydroxyl groups excluding tert-OH is 1. The minimum atomic E-state index is -0.645. The van der Waals surface area contributed by atoms with Crippen molar-refractivity contribution in [2.45, 2.75) is 25.2 Å². The van der Waals surface area contributed by atoms with Crippen molar-refractivity contribution >= 4 is 35.5 Å². The van der Waals surface area contributed by atoms with Crippen LogP contribution in [0.1, 0.15) is 22.3 Å². The molecule has 2 heterocycles. The number of esters is 1. The third kappa shape index (κ3) is 3.92. The molecule has 2 saturated heterocycles. The molecule has 2 aliphatic rings. The molecular weight excluding hydrogens is 414 g/mol. The van der Waals surface area contributed by atoms with Crippen LogP contribution in [-0.2, 0) is 16.1 Å². The number of fused-ring (bicyclic) bond motifs is 1. The average Bonchev–Trinajstić information content (AvgIpc) is 3.07. The number of aliphatic hydroxyl groups is 1. The number of carbonyl (C=O) groups is 3. The van der Waals surface area contributed by atoms with Gasteiger partial charge in [-0.05, 0) is 24.1 Å². The van der Waals surface area contributed by atoms with E-state index >= 15 is 0 Å². The number of imide groups is 1. The molecule has 1 aromatic carbocycles. The maximum Gasteiger partial charge on any atom is 0.339 e. The molecule has 0 saturated carbocycles. The molecule has 0 aromatic heterocycles. The lowest BCUT2D eigenvalue weighted by molar-refractivity contribution is -0.137. The quantitative estimate of drug-likeness (QED) is 0.491. The van der Waals surface area contributed by atoms with Crippen LogP contribution in [-0.4, -0.2) is 90.2 Å². The van der Waals surface area contributed by atoms with E-state index in [4.69, 9.17) is 21.4 Å². The number of urea groups is 1. The number of aliphatic imine (C=N–C) groups is 1. The summed E-state index contributed by atoms with van der Waals surface area (Å²) < 4.78 is 4.72. The molecule has 2 atom stereocenters. The Bertz CT molecular complexity index is 892. The van der Waals surface area contributed by atoms with Gasteiger partial charge in [-0.15, -0.1) is 0 Å². The number of hydrogen-bond acceptors (Lipinski definition) is 6. The lowest BCUT2D eigenvalue weighted by Gasteiger charge is -2.40. The Morgan fingerprint density at radius 2 is 2.03 bits per heavy atom. The topological polar surface area (TPSA) is 115 Å². The van der Waals surface area contributed by atoms with Gasteiger partial charge >= 0.3 is 12.0 Å². The van der Waals surface area contributed by atoms with Crippen LogP contribution in [0.2, 0.25) is 5.02 Å². The standard InChI is InChI=1S/C19H24ClN5O5/c1-23-14-15(22-18(23)21-7-4-8-26)24(2)19(29)25(16(14)27)10-11-5-6-13(20)12(9-11)17(28)30-3/h5-6,9,14-15,26H,4,7-8,10H2,1-3H3,(H,21,22). The first-order chi connectivity index (χ1) is 14.3. The van der Waals surface area contributed by atoms with Gasteiger partial charge in [0.2, 0.25) is 0 Å². The van der Waals surface area contributed by atoms with Crippen molar-refractivity contribution in [3.63, 3.8) is 0 Å². The number of ether oxygens (including phenoxy) is 1. The average molecular weight is 438 g/mol. The second kappa shape index (κ2) is 8.88. The molecule has 30 heavy (non-hydrogen) atoms. The van der Waals surface area contributed by atoms with Crippen LogP contribution in [0.3, 0.4) is 0 Å². The predicted octanol–water partition coefficient (Wildman–Crippen LogP) is 0.489. The number of likely N-dealkylation sites (N-methyl/N-ethyl adjacent to an activating group) is 2. The number of nitrogens with one attached hydrogen (secondary N) is 1. The predicted molar refractivity (Wildman–Crippen MR) is 109 cm³/mol. The summed E-state index contributed by atoms with van der Waals surface area (Å²) in [4.78, 5) is 46.6. The van der Waals surface area contributed by atoms with Gasteiger partial charge in [0.1, 0.15) is 6.17 Å². The van der Waals surface area contributed by atoms with E-state index in [0.717, 1.165) is 4.90 Å². The maximum atomic E-state index is 13.2. The SMILES string of the molecule is COC(=O)c1cc(CN2C(=O)C3C(NC(=NCCCO)N3C)N(C)C2=O)ccc1Cl. The summed E-state index contributed by atoms with van der Waals surface area (Å²) in [5.41, 5.74) is 0.733. The van der Waals surface area contributed by atoms with Crippen LogP contribution in [0.5, 0.6) is 0 Å². The Morgan fingerprint density at radius 1 is 1.30 bits per heavy atom. The molecule has 0 aliphatic carbocycles. The molecule has 2 fully saturated rings. The summed E-state index contributed by atoms with van der Waals surface area (Å²) in [7, 11) is 4.59. The Morgan fingerprint density at radius 3 is 2.70 bits per heavy atom.